The molecule has 0 spiro atoms. The molecule has 1 saturated heterocycles. The van der Waals surface area contributed by atoms with Gasteiger partial charge in [0.2, 0.25) is 10.0 Å². The topological polar surface area (TPSA) is 58.2 Å². The van der Waals surface area contributed by atoms with Crippen LogP contribution in [-0.2, 0) is 16.6 Å². The molecular weight excluding hydrogens is 335 g/mol. The Morgan fingerprint density at radius 2 is 2.24 bits per heavy atom. The Bertz CT molecular complexity index is 604. The molecule has 1 fully saturated rings. The van der Waals surface area contributed by atoms with E-state index >= 15 is 0 Å². The molecule has 118 valence electrons. The summed E-state index contributed by atoms with van der Waals surface area (Å²) in [5, 5.41) is 3.00. The highest BCUT2D eigenvalue weighted by Gasteiger charge is 2.26. The summed E-state index contributed by atoms with van der Waals surface area (Å²) in [5.41, 5.74) is 0.239. The van der Waals surface area contributed by atoms with E-state index in [-0.39, 0.29) is 28.1 Å². The van der Waals surface area contributed by atoms with Crippen molar-refractivity contribution in [3.8, 4) is 0 Å². The Morgan fingerprint density at radius 1 is 1.48 bits per heavy atom. The molecule has 0 amide bonds. The van der Waals surface area contributed by atoms with Crippen molar-refractivity contribution >= 4 is 33.4 Å². The van der Waals surface area contributed by atoms with Gasteiger partial charge in [0.15, 0.2) is 0 Å². The summed E-state index contributed by atoms with van der Waals surface area (Å²) in [5.74, 6) is 1.01. The maximum atomic E-state index is 14.4. The van der Waals surface area contributed by atoms with Gasteiger partial charge in [-0.15, -0.1) is 0 Å². The largest absolute Gasteiger partial charge is 0.316 e. The molecule has 1 aliphatic heterocycles. The van der Waals surface area contributed by atoms with Gasteiger partial charge in [-0.2, -0.15) is 11.8 Å². The van der Waals surface area contributed by atoms with Crippen LogP contribution in [0.5, 0.6) is 0 Å². The molecule has 0 saturated carbocycles. The average Bonchev–Trinajstić information content (AvgIpc) is 2.43. The molecule has 1 heterocycles. The summed E-state index contributed by atoms with van der Waals surface area (Å²) >= 11 is 7.62. The predicted octanol–water partition coefficient (Wildman–Crippen LogP) is 2.37. The predicted molar refractivity (Wildman–Crippen MR) is 84.8 cm³/mol. The molecule has 1 aromatic carbocycles. The van der Waals surface area contributed by atoms with Crippen LogP contribution >= 0.6 is 23.4 Å². The molecule has 0 radical (unpaired) electrons. The van der Waals surface area contributed by atoms with Crippen LogP contribution < -0.4 is 10.0 Å². The second-order valence-corrected chi connectivity index (χ2v) is 8.21. The van der Waals surface area contributed by atoms with E-state index in [0.29, 0.717) is 5.75 Å². The Hall–Kier alpha value is -0.340. The van der Waals surface area contributed by atoms with Crippen molar-refractivity contribution in [2.45, 2.75) is 30.3 Å². The molecule has 8 heteroatoms. The summed E-state index contributed by atoms with van der Waals surface area (Å²) in [4.78, 5) is -0.379. The number of rotatable bonds is 5. The zero-order valence-electron chi connectivity index (χ0n) is 11.7. The maximum absolute atomic E-state index is 14.4. The number of benzene rings is 1. The van der Waals surface area contributed by atoms with Gasteiger partial charge >= 0.3 is 0 Å². The third kappa shape index (κ3) is 4.32. The smallest absolute Gasteiger partial charge is 0.243 e. The second kappa shape index (κ2) is 7.28. The number of hydrogen-bond acceptors (Lipinski definition) is 4. The molecule has 2 N–H and O–H groups in total. The lowest BCUT2D eigenvalue weighted by atomic mass is 10.2. The molecule has 4 nitrogen and oxygen atoms in total. The number of nitrogens with one attached hydrogen (secondary N) is 2. The van der Waals surface area contributed by atoms with Crippen LogP contribution in [0, 0.1) is 5.82 Å². The van der Waals surface area contributed by atoms with Crippen LogP contribution in [0.1, 0.15) is 18.4 Å². The van der Waals surface area contributed by atoms with E-state index in [1.165, 1.54) is 6.07 Å². The standard InChI is InChI=1S/C13H18ClFN2O2S2/c1-16-7-9-5-10(14)6-12(13(9)15)21(18,19)17-11-3-2-4-20-8-11/h5-6,11,16-17H,2-4,7-8H2,1H3. The highest BCUT2D eigenvalue weighted by Crippen LogP contribution is 2.25. The van der Waals surface area contributed by atoms with Crippen molar-refractivity contribution in [3.05, 3.63) is 28.5 Å². The highest BCUT2D eigenvalue weighted by atomic mass is 35.5. The van der Waals surface area contributed by atoms with Crippen molar-refractivity contribution < 1.29 is 12.8 Å². The van der Waals surface area contributed by atoms with E-state index in [1.54, 1.807) is 18.8 Å². The maximum Gasteiger partial charge on any atom is 0.243 e. The van der Waals surface area contributed by atoms with E-state index in [1.807, 2.05) is 0 Å². The zero-order chi connectivity index (χ0) is 15.5. The summed E-state index contributed by atoms with van der Waals surface area (Å²) in [7, 11) is -2.25. The summed E-state index contributed by atoms with van der Waals surface area (Å²) in [6, 6.07) is 2.44. The SMILES string of the molecule is CNCc1cc(Cl)cc(S(=O)(=O)NC2CCCSC2)c1F. The van der Waals surface area contributed by atoms with E-state index in [9.17, 15) is 12.8 Å². The molecule has 0 bridgehead atoms. The van der Waals surface area contributed by atoms with Crippen molar-refractivity contribution in [2.24, 2.45) is 0 Å². The zero-order valence-corrected chi connectivity index (χ0v) is 14.0. The number of thioether (sulfide) groups is 1. The van der Waals surface area contributed by atoms with Gasteiger partial charge in [-0.1, -0.05) is 11.6 Å². The molecule has 1 atom stereocenters. The second-order valence-electron chi connectivity index (χ2n) is 4.94. The van der Waals surface area contributed by atoms with Crippen molar-refractivity contribution in [3.63, 3.8) is 0 Å². The number of sulfonamides is 1. The summed E-state index contributed by atoms with van der Waals surface area (Å²) < 4.78 is 41.7. The van der Waals surface area contributed by atoms with E-state index in [2.05, 4.69) is 10.0 Å². The summed E-state index contributed by atoms with van der Waals surface area (Å²) in [6.45, 7) is 0.216. The van der Waals surface area contributed by atoms with Gasteiger partial charge < -0.3 is 5.32 Å². The average molecular weight is 353 g/mol. The van der Waals surface area contributed by atoms with Gasteiger partial charge in [0, 0.05) is 28.9 Å². The molecule has 1 unspecified atom stereocenters. The molecule has 1 aliphatic rings. The minimum absolute atomic E-state index is 0.153. The van der Waals surface area contributed by atoms with Gasteiger partial charge in [0.05, 0.1) is 0 Å². The molecule has 0 aromatic heterocycles. The molecule has 0 aliphatic carbocycles. The molecule has 1 aromatic rings. The Kier molecular flexibility index (Phi) is 5.90. The lowest BCUT2D eigenvalue weighted by Crippen LogP contribution is -2.38. The minimum atomic E-state index is -3.90. The number of halogens is 2. The first-order valence-corrected chi connectivity index (χ1v) is 9.68. The third-order valence-electron chi connectivity index (χ3n) is 3.22. The van der Waals surface area contributed by atoms with E-state index in [4.69, 9.17) is 11.6 Å². The third-order valence-corrected chi connectivity index (χ3v) is 6.17. The van der Waals surface area contributed by atoms with Gasteiger partial charge in [0.25, 0.3) is 0 Å². The minimum Gasteiger partial charge on any atom is -0.316 e. The van der Waals surface area contributed by atoms with Gasteiger partial charge in [-0.25, -0.2) is 17.5 Å². The normalized spacial score (nSPS) is 19.7. The fraction of sp³-hybridized carbons (Fsp3) is 0.538. The molecule has 2 rings (SSSR count). The van der Waals surface area contributed by atoms with Crippen molar-refractivity contribution in [1.82, 2.24) is 10.0 Å². The van der Waals surface area contributed by atoms with E-state index < -0.39 is 15.8 Å². The van der Waals surface area contributed by atoms with Crippen molar-refractivity contribution in [2.75, 3.05) is 18.6 Å². The van der Waals surface area contributed by atoms with Crippen LogP contribution in [0.15, 0.2) is 17.0 Å². The first-order valence-electron chi connectivity index (χ1n) is 6.66. The van der Waals surface area contributed by atoms with Crippen molar-refractivity contribution in [1.29, 1.82) is 0 Å². The highest BCUT2D eigenvalue weighted by molar-refractivity contribution is 7.99. The lowest BCUT2D eigenvalue weighted by Gasteiger charge is -2.22. The molecular formula is C13H18ClFN2O2S2. The lowest BCUT2D eigenvalue weighted by molar-refractivity contribution is 0.525. The van der Waals surface area contributed by atoms with Gasteiger partial charge in [0.1, 0.15) is 10.7 Å². The Balaban J connectivity index is 2.30. The van der Waals surface area contributed by atoms with Crippen LogP contribution in [0.2, 0.25) is 5.02 Å². The molecule has 21 heavy (non-hydrogen) atoms. The summed E-state index contributed by atoms with van der Waals surface area (Å²) in [6.07, 6.45) is 1.73. The monoisotopic (exact) mass is 352 g/mol. The fourth-order valence-corrected chi connectivity index (χ4v) is 5.15. The first-order chi connectivity index (χ1) is 9.94. The van der Waals surface area contributed by atoms with E-state index in [0.717, 1.165) is 24.7 Å². The van der Waals surface area contributed by atoms with Crippen LogP contribution in [0.25, 0.3) is 0 Å². The quantitative estimate of drug-likeness (QED) is 0.854. The van der Waals surface area contributed by atoms with Crippen LogP contribution in [-0.4, -0.2) is 33.0 Å². The van der Waals surface area contributed by atoms with Gasteiger partial charge in [-0.05, 0) is 37.8 Å². The number of hydrogen-bond donors (Lipinski definition) is 2. The van der Waals surface area contributed by atoms with Crippen LogP contribution in [0.3, 0.4) is 0 Å². The Labute approximate surface area is 133 Å². The fourth-order valence-electron chi connectivity index (χ4n) is 2.25. The van der Waals surface area contributed by atoms with Gasteiger partial charge in [-0.3, -0.25) is 0 Å². The first kappa shape index (κ1) is 17.0. The Morgan fingerprint density at radius 3 is 2.86 bits per heavy atom. The van der Waals surface area contributed by atoms with Crippen LogP contribution in [0.4, 0.5) is 4.39 Å².